The maximum atomic E-state index is 11.6. The summed E-state index contributed by atoms with van der Waals surface area (Å²) in [6.07, 6.45) is -3.56. The summed E-state index contributed by atoms with van der Waals surface area (Å²) in [4.78, 5) is 0. The van der Waals surface area contributed by atoms with E-state index in [1.165, 1.54) is 14.2 Å². The van der Waals surface area contributed by atoms with E-state index in [9.17, 15) is 14.8 Å². The van der Waals surface area contributed by atoms with Crippen molar-refractivity contribution in [3.8, 4) is 0 Å². The highest BCUT2D eigenvalue weighted by molar-refractivity contribution is 7.53. The highest BCUT2D eigenvalue weighted by Crippen LogP contribution is 2.46. The first kappa shape index (κ1) is 14.1. The molecule has 16 heavy (non-hydrogen) atoms. The summed E-state index contributed by atoms with van der Waals surface area (Å²) < 4.78 is 31.1. The van der Waals surface area contributed by atoms with Crippen LogP contribution in [-0.4, -0.2) is 63.1 Å². The lowest BCUT2D eigenvalue weighted by molar-refractivity contribution is -0.147. The fourth-order valence-corrected chi connectivity index (χ4v) is 1.98. The van der Waals surface area contributed by atoms with Gasteiger partial charge in [0, 0.05) is 14.2 Å². The van der Waals surface area contributed by atoms with Crippen molar-refractivity contribution < 1.29 is 33.3 Å². The third-order valence-electron chi connectivity index (χ3n) is 2.41. The summed E-state index contributed by atoms with van der Waals surface area (Å²) in [6, 6.07) is -0.538. The Balaban J connectivity index is 2.48. The second-order valence-electron chi connectivity index (χ2n) is 3.46. The zero-order valence-corrected chi connectivity index (χ0v) is 10.3. The summed E-state index contributed by atoms with van der Waals surface area (Å²) in [6.45, 7) is 0. The van der Waals surface area contributed by atoms with Crippen LogP contribution >= 0.6 is 7.60 Å². The minimum absolute atomic E-state index is 0.346. The van der Waals surface area contributed by atoms with Crippen LogP contribution in [0, 0.1) is 0 Å². The Hall–Kier alpha value is 0.0549. The van der Waals surface area contributed by atoms with Crippen molar-refractivity contribution >= 4 is 15.4 Å². The van der Waals surface area contributed by atoms with Gasteiger partial charge in [-0.3, -0.25) is 4.57 Å². The predicted octanol–water partition coefficient (Wildman–Crippen LogP) is -1.52. The Morgan fingerprint density at radius 1 is 1.31 bits per heavy atom. The van der Waals surface area contributed by atoms with E-state index in [0.717, 1.165) is 0 Å². The summed E-state index contributed by atoms with van der Waals surface area (Å²) in [5, 5.41) is 18.9. The second kappa shape index (κ2) is 5.60. The number of rotatable bonds is 5. The molecule has 0 aromatic carbocycles. The van der Waals surface area contributed by atoms with Crippen LogP contribution in [-0.2, 0) is 23.1 Å². The van der Waals surface area contributed by atoms with Gasteiger partial charge in [-0.1, -0.05) is 0 Å². The molecule has 0 bridgehead atoms. The molecule has 0 saturated carbocycles. The first-order valence-corrected chi connectivity index (χ1v) is 6.50. The Kier molecular flexibility index (Phi) is 4.94. The van der Waals surface area contributed by atoms with Crippen molar-refractivity contribution in [3.05, 3.63) is 0 Å². The molecule has 0 aromatic heterocycles. The lowest BCUT2D eigenvalue weighted by Gasteiger charge is -2.19. The molecule has 0 radical (unpaired) electrons. The Labute approximate surface area is 94.6 Å². The Bertz CT molecular complexity index is 267. The summed E-state index contributed by atoms with van der Waals surface area (Å²) in [7, 11) is 0.772. The number of hydrogen-bond donors (Lipinski definition) is 2. The quantitative estimate of drug-likeness (QED) is 0.454. The fourth-order valence-electron chi connectivity index (χ4n) is 1.29. The maximum Gasteiger partial charge on any atom is 0.355 e. The molecule has 0 aromatic rings. The van der Waals surface area contributed by atoms with E-state index in [1.807, 2.05) is 0 Å². The molecule has 1 saturated heterocycles. The number of aliphatic hydroxyl groups excluding tert-OH is 2. The topological polar surface area (TPSA) is 94.5 Å². The molecule has 9 heteroatoms. The van der Waals surface area contributed by atoms with Crippen LogP contribution in [0.1, 0.15) is 0 Å². The first-order chi connectivity index (χ1) is 7.43. The van der Waals surface area contributed by atoms with Crippen molar-refractivity contribution in [2.45, 2.75) is 24.5 Å². The van der Waals surface area contributed by atoms with Gasteiger partial charge in [-0.15, -0.1) is 0 Å². The molecule has 0 spiro atoms. The predicted molar refractivity (Wildman–Crippen MR) is 56.8 cm³/mol. The first-order valence-electron chi connectivity index (χ1n) is 4.77. The van der Waals surface area contributed by atoms with Crippen LogP contribution in [0.2, 0.25) is 0 Å². The van der Waals surface area contributed by atoms with E-state index in [1.54, 1.807) is 7.85 Å². The van der Waals surface area contributed by atoms with E-state index in [-0.39, 0.29) is 6.35 Å². The maximum absolute atomic E-state index is 11.6. The Morgan fingerprint density at radius 3 is 2.25 bits per heavy atom. The van der Waals surface area contributed by atoms with E-state index in [2.05, 4.69) is 9.05 Å². The van der Waals surface area contributed by atoms with Gasteiger partial charge in [0.2, 0.25) is 0 Å². The average molecular weight is 254 g/mol. The van der Waals surface area contributed by atoms with Gasteiger partial charge < -0.3 is 28.7 Å². The molecule has 2 N–H and O–H groups in total. The van der Waals surface area contributed by atoms with Crippen LogP contribution in [0.5, 0.6) is 0 Å². The third-order valence-corrected chi connectivity index (χ3v) is 3.99. The number of aliphatic hydroxyl groups is 2. The van der Waals surface area contributed by atoms with Crippen LogP contribution in [0.4, 0.5) is 0 Å². The number of hydrogen-bond acceptors (Lipinski definition) is 7. The molecule has 7 nitrogen and oxygen atoms in total. The van der Waals surface area contributed by atoms with Gasteiger partial charge in [0.1, 0.15) is 20.1 Å². The normalized spacial score (nSPS) is 35.5. The van der Waals surface area contributed by atoms with Gasteiger partial charge in [0.25, 0.3) is 0 Å². The molecule has 0 aliphatic carbocycles. The van der Waals surface area contributed by atoms with Crippen molar-refractivity contribution in [2.75, 3.05) is 20.6 Å². The lowest BCUT2D eigenvalue weighted by atomic mass is 9.94. The molecule has 0 amide bonds. The third kappa shape index (κ3) is 3.04. The van der Waals surface area contributed by atoms with Gasteiger partial charge in [0.05, 0.1) is 6.00 Å². The standard InChI is InChI=1S/C7H16BO7P/c1-12-16(11,13-2)3-14-7-5(10)4(9)6(8)15-7/h4-7,9-10H,3,8H2,1-2H3. The summed E-state index contributed by atoms with van der Waals surface area (Å²) in [5.74, 6) is 0. The molecule has 1 aliphatic rings. The molecule has 4 atom stereocenters. The monoisotopic (exact) mass is 254 g/mol. The van der Waals surface area contributed by atoms with E-state index < -0.39 is 32.1 Å². The molecule has 1 rings (SSSR count). The highest BCUT2D eigenvalue weighted by atomic mass is 31.2. The zero-order chi connectivity index (χ0) is 12.3. The van der Waals surface area contributed by atoms with Gasteiger partial charge in [-0.25, -0.2) is 0 Å². The van der Waals surface area contributed by atoms with Gasteiger partial charge in [0.15, 0.2) is 12.6 Å². The molecule has 1 fully saturated rings. The zero-order valence-electron chi connectivity index (χ0n) is 9.40. The van der Waals surface area contributed by atoms with Gasteiger partial charge in [-0.2, -0.15) is 0 Å². The molecular weight excluding hydrogens is 238 g/mol. The highest BCUT2D eigenvalue weighted by Gasteiger charge is 2.41. The minimum Gasteiger partial charge on any atom is -0.388 e. The van der Waals surface area contributed by atoms with Crippen molar-refractivity contribution in [1.82, 2.24) is 0 Å². The number of ether oxygens (including phenoxy) is 2. The minimum atomic E-state index is -3.29. The average Bonchev–Trinajstić information content (AvgIpc) is 2.54. The molecule has 4 unspecified atom stereocenters. The van der Waals surface area contributed by atoms with Crippen LogP contribution in [0.15, 0.2) is 0 Å². The van der Waals surface area contributed by atoms with Gasteiger partial charge >= 0.3 is 7.60 Å². The lowest BCUT2D eigenvalue weighted by Crippen LogP contribution is -2.33. The van der Waals surface area contributed by atoms with Crippen molar-refractivity contribution in [1.29, 1.82) is 0 Å². The summed E-state index contributed by atoms with van der Waals surface area (Å²) in [5.41, 5.74) is 0. The van der Waals surface area contributed by atoms with Crippen LogP contribution in [0.25, 0.3) is 0 Å². The molecule has 1 aliphatic heterocycles. The van der Waals surface area contributed by atoms with E-state index in [4.69, 9.17) is 9.47 Å². The Morgan fingerprint density at radius 2 is 1.88 bits per heavy atom. The smallest absolute Gasteiger partial charge is 0.355 e. The molecular formula is C7H16BO7P. The second-order valence-corrected chi connectivity index (χ2v) is 5.67. The summed E-state index contributed by atoms with van der Waals surface area (Å²) >= 11 is 0. The van der Waals surface area contributed by atoms with Crippen molar-refractivity contribution in [2.24, 2.45) is 0 Å². The van der Waals surface area contributed by atoms with Gasteiger partial charge in [-0.05, 0) is 0 Å². The van der Waals surface area contributed by atoms with Crippen LogP contribution < -0.4 is 0 Å². The SMILES string of the molecule is BC1OC(OCP(=O)(OC)OC)C(O)C1O. The van der Waals surface area contributed by atoms with Crippen LogP contribution in [0.3, 0.4) is 0 Å². The van der Waals surface area contributed by atoms with E-state index in [0.29, 0.717) is 0 Å². The largest absolute Gasteiger partial charge is 0.388 e. The molecule has 94 valence electrons. The van der Waals surface area contributed by atoms with E-state index >= 15 is 0 Å². The fraction of sp³-hybridized carbons (Fsp3) is 1.00. The van der Waals surface area contributed by atoms with Crippen molar-refractivity contribution in [3.63, 3.8) is 0 Å². The molecule has 1 heterocycles.